The predicted molar refractivity (Wildman–Crippen MR) is 71.2 cm³/mol. The minimum atomic E-state index is 0.0660. The molecule has 1 aromatic carbocycles. The number of benzene rings is 1. The number of hydrogen-bond acceptors (Lipinski definition) is 3. The van der Waals surface area contributed by atoms with Gasteiger partial charge in [-0.1, -0.05) is 11.8 Å². The van der Waals surface area contributed by atoms with Crippen LogP contribution >= 0.6 is 0 Å². The van der Waals surface area contributed by atoms with Gasteiger partial charge in [0.15, 0.2) is 0 Å². The van der Waals surface area contributed by atoms with Crippen LogP contribution in [0.25, 0.3) is 0 Å². The van der Waals surface area contributed by atoms with Crippen LogP contribution < -0.4 is 9.64 Å². The second-order valence-electron chi connectivity index (χ2n) is 4.74. The number of hydrogen-bond donors (Lipinski definition) is 0. The molecule has 0 spiro atoms. The normalized spacial score (nSPS) is 18.6. The molecule has 4 heteroatoms. The van der Waals surface area contributed by atoms with E-state index in [0.29, 0.717) is 18.9 Å². The molecular formula is C15H15NO3. The highest BCUT2D eigenvalue weighted by Crippen LogP contribution is 2.31. The van der Waals surface area contributed by atoms with Gasteiger partial charge in [-0.3, -0.25) is 4.79 Å². The summed E-state index contributed by atoms with van der Waals surface area (Å²) in [5.74, 6) is 7.44. The van der Waals surface area contributed by atoms with E-state index in [2.05, 4.69) is 11.8 Å². The van der Waals surface area contributed by atoms with Crippen LogP contribution in [0.5, 0.6) is 5.75 Å². The summed E-state index contributed by atoms with van der Waals surface area (Å²) in [5.41, 5.74) is 1.69. The fourth-order valence-electron chi connectivity index (χ4n) is 2.03. The van der Waals surface area contributed by atoms with Gasteiger partial charge in [0.25, 0.3) is 0 Å². The molecule has 1 aromatic rings. The molecular weight excluding hydrogens is 242 g/mol. The summed E-state index contributed by atoms with van der Waals surface area (Å²) >= 11 is 0. The number of anilines is 1. The van der Waals surface area contributed by atoms with Crippen molar-refractivity contribution in [2.75, 3.05) is 31.8 Å². The maximum Gasteiger partial charge on any atom is 0.230 e. The average molecular weight is 257 g/mol. The Morgan fingerprint density at radius 3 is 2.95 bits per heavy atom. The van der Waals surface area contributed by atoms with Gasteiger partial charge in [-0.25, -0.2) is 0 Å². The van der Waals surface area contributed by atoms with Crippen molar-refractivity contribution >= 4 is 11.6 Å². The number of carbonyl (C=O) groups is 1. The zero-order valence-electron chi connectivity index (χ0n) is 10.8. The van der Waals surface area contributed by atoms with Gasteiger partial charge < -0.3 is 14.4 Å². The Morgan fingerprint density at radius 2 is 2.21 bits per heavy atom. The number of carbonyl (C=O) groups excluding carboxylic acids is 1. The minimum Gasteiger partial charge on any atom is -0.491 e. The number of fused-ring (bicyclic) bond motifs is 1. The molecule has 0 radical (unpaired) electrons. The van der Waals surface area contributed by atoms with Gasteiger partial charge in [0.1, 0.15) is 5.75 Å². The van der Waals surface area contributed by atoms with E-state index in [4.69, 9.17) is 9.47 Å². The molecule has 0 N–H and O–H groups in total. The van der Waals surface area contributed by atoms with Gasteiger partial charge in [0, 0.05) is 12.6 Å². The van der Waals surface area contributed by atoms with E-state index < -0.39 is 0 Å². The molecule has 0 atom stereocenters. The van der Waals surface area contributed by atoms with Crippen molar-refractivity contribution in [2.45, 2.75) is 6.42 Å². The van der Waals surface area contributed by atoms with Crippen molar-refractivity contribution in [3.8, 4) is 17.6 Å². The van der Waals surface area contributed by atoms with E-state index in [0.717, 1.165) is 30.2 Å². The lowest BCUT2D eigenvalue weighted by Crippen LogP contribution is -2.25. The first-order chi connectivity index (χ1) is 9.24. The zero-order valence-corrected chi connectivity index (χ0v) is 10.8. The highest BCUT2D eigenvalue weighted by Gasteiger charge is 2.20. The summed E-state index contributed by atoms with van der Waals surface area (Å²) in [5, 5.41) is 0. The molecule has 1 fully saturated rings. The third kappa shape index (κ3) is 2.42. The van der Waals surface area contributed by atoms with Crippen LogP contribution in [0.2, 0.25) is 0 Å². The maximum absolute atomic E-state index is 11.8. The molecule has 2 heterocycles. The topological polar surface area (TPSA) is 38.8 Å². The quantitative estimate of drug-likeness (QED) is 0.660. The van der Waals surface area contributed by atoms with Crippen LogP contribution in [0.3, 0.4) is 0 Å². The minimum absolute atomic E-state index is 0.0660. The summed E-state index contributed by atoms with van der Waals surface area (Å²) in [4.78, 5) is 13.4. The molecule has 0 saturated carbocycles. The number of ether oxygens (including phenoxy) is 2. The van der Waals surface area contributed by atoms with Gasteiger partial charge in [0.05, 0.1) is 37.8 Å². The molecule has 1 amide bonds. The van der Waals surface area contributed by atoms with Gasteiger partial charge >= 0.3 is 0 Å². The summed E-state index contributed by atoms with van der Waals surface area (Å²) in [7, 11) is 1.77. The lowest BCUT2D eigenvalue weighted by molar-refractivity contribution is -0.118. The van der Waals surface area contributed by atoms with E-state index in [-0.39, 0.29) is 5.91 Å². The van der Waals surface area contributed by atoms with Crippen LogP contribution in [-0.2, 0) is 9.53 Å². The molecule has 2 aliphatic rings. The first-order valence-corrected chi connectivity index (χ1v) is 6.37. The van der Waals surface area contributed by atoms with Crippen LogP contribution in [0.1, 0.15) is 12.0 Å². The molecule has 0 aliphatic carbocycles. The molecule has 0 aromatic heterocycles. The molecule has 98 valence electrons. The summed E-state index contributed by atoms with van der Waals surface area (Å²) in [6, 6.07) is 5.71. The largest absolute Gasteiger partial charge is 0.491 e. The lowest BCUT2D eigenvalue weighted by atomic mass is 10.1. The third-order valence-corrected chi connectivity index (χ3v) is 3.33. The van der Waals surface area contributed by atoms with Crippen LogP contribution in [0.15, 0.2) is 18.2 Å². The van der Waals surface area contributed by atoms with E-state index in [1.807, 2.05) is 18.2 Å². The standard InChI is InChI=1S/C15H15NO3/c1-16-13-8-11(2-3-12-9-18-10-12)4-5-14(13)19-7-6-15(16)17/h4-5,8,12H,6-7,9-10H2,1H3. The maximum atomic E-state index is 11.8. The highest BCUT2D eigenvalue weighted by molar-refractivity contribution is 5.95. The summed E-state index contributed by atoms with van der Waals surface area (Å²) in [6.45, 7) is 1.87. The van der Waals surface area contributed by atoms with Crippen LogP contribution in [-0.4, -0.2) is 32.8 Å². The van der Waals surface area contributed by atoms with Crippen molar-refractivity contribution in [1.29, 1.82) is 0 Å². The molecule has 2 aliphatic heterocycles. The van der Waals surface area contributed by atoms with E-state index in [1.165, 1.54) is 0 Å². The van der Waals surface area contributed by atoms with E-state index in [1.54, 1.807) is 11.9 Å². The molecule has 0 unspecified atom stereocenters. The van der Waals surface area contributed by atoms with Crippen molar-refractivity contribution in [3.05, 3.63) is 23.8 Å². The van der Waals surface area contributed by atoms with Crippen molar-refractivity contribution in [1.82, 2.24) is 0 Å². The monoisotopic (exact) mass is 257 g/mol. The molecule has 1 saturated heterocycles. The Labute approximate surface area is 112 Å². The second kappa shape index (κ2) is 4.94. The SMILES string of the molecule is CN1C(=O)CCOc2ccc(C#CC3COC3)cc21. The first kappa shape index (κ1) is 12.1. The fraction of sp³-hybridized carbons (Fsp3) is 0.400. The molecule has 0 bridgehead atoms. The Kier molecular flexibility index (Phi) is 3.14. The van der Waals surface area contributed by atoms with Gasteiger partial charge in [0.2, 0.25) is 5.91 Å². The molecule has 4 nitrogen and oxygen atoms in total. The molecule has 3 rings (SSSR count). The number of rotatable bonds is 0. The second-order valence-corrected chi connectivity index (χ2v) is 4.74. The first-order valence-electron chi connectivity index (χ1n) is 6.37. The predicted octanol–water partition coefficient (Wildman–Crippen LogP) is 1.43. The summed E-state index contributed by atoms with van der Waals surface area (Å²) in [6.07, 6.45) is 0.408. The van der Waals surface area contributed by atoms with E-state index in [9.17, 15) is 4.79 Å². The van der Waals surface area contributed by atoms with Crippen molar-refractivity contribution < 1.29 is 14.3 Å². The summed E-state index contributed by atoms with van der Waals surface area (Å²) < 4.78 is 10.7. The van der Waals surface area contributed by atoms with Crippen molar-refractivity contribution in [3.63, 3.8) is 0 Å². The Bertz CT molecular complexity index is 566. The Hall–Kier alpha value is -1.99. The fourth-order valence-corrected chi connectivity index (χ4v) is 2.03. The third-order valence-electron chi connectivity index (χ3n) is 3.33. The Balaban J connectivity index is 1.90. The average Bonchev–Trinajstić information content (AvgIpc) is 2.49. The lowest BCUT2D eigenvalue weighted by Gasteiger charge is -2.20. The van der Waals surface area contributed by atoms with Crippen molar-refractivity contribution in [2.24, 2.45) is 5.92 Å². The van der Waals surface area contributed by atoms with Gasteiger partial charge in [-0.2, -0.15) is 0 Å². The van der Waals surface area contributed by atoms with Gasteiger partial charge in [-0.05, 0) is 18.2 Å². The van der Waals surface area contributed by atoms with Crippen LogP contribution in [0, 0.1) is 17.8 Å². The molecule has 19 heavy (non-hydrogen) atoms. The number of nitrogens with zero attached hydrogens (tertiary/aromatic N) is 1. The Morgan fingerprint density at radius 1 is 1.37 bits per heavy atom. The van der Waals surface area contributed by atoms with Gasteiger partial charge in [-0.15, -0.1) is 0 Å². The van der Waals surface area contributed by atoms with E-state index >= 15 is 0 Å². The highest BCUT2D eigenvalue weighted by atomic mass is 16.5. The smallest absolute Gasteiger partial charge is 0.230 e. The van der Waals surface area contributed by atoms with Crippen LogP contribution in [0.4, 0.5) is 5.69 Å². The zero-order chi connectivity index (χ0) is 13.2. The number of amides is 1.